The van der Waals surface area contributed by atoms with Gasteiger partial charge in [-0.15, -0.1) is 0 Å². The normalized spacial score (nSPS) is 12.1. The molecule has 0 bridgehead atoms. The molecule has 3 rings (SSSR count). The van der Waals surface area contributed by atoms with Crippen LogP contribution in [0.4, 0.5) is 0 Å². The predicted octanol–water partition coefficient (Wildman–Crippen LogP) is 5.69. The van der Waals surface area contributed by atoms with Crippen LogP contribution in [-0.2, 0) is 7.05 Å². The van der Waals surface area contributed by atoms with Crippen LogP contribution in [0.3, 0.4) is 0 Å². The maximum absolute atomic E-state index is 8.58. The summed E-state index contributed by atoms with van der Waals surface area (Å²) in [4.78, 5) is 0. The standard InChI is InChI=1S/C23H28N/c1-14(2)19-8-9-20-12-17(5)24(7)23(22(20)13-19)21-11-15(3)10-16(4)18(21)6/h8-14H,1-7H3/q+1/i12D. The van der Waals surface area contributed by atoms with E-state index in [4.69, 9.17) is 1.37 Å². The molecule has 2 aromatic carbocycles. The van der Waals surface area contributed by atoms with Gasteiger partial charge in [0.05, 0.1) is 12.3 Å². The average molecular weight is 319 g/mol. The van der Waals surface area contributed by atoms with E-state index in [-0.39, 0.29) is 0 Å². The molecule has 1 heterocycles. The Kier molecular flexibility index (Phi) is 3.88. The molecular formula is C23H28N+. The van der Waals surface area contributed by atoms with Gasteiger partial charge in [0, 0.05) is 13.0 Å². The van der Waals surface area contributed by atoms with Gasteiger partial charge in [0.15, 0.2) is 5.69 Å². The van der Waals surface area contributed by atoms with Crippen molar-refractivity contribution in [2.75, 3.05) is 0 Å². The molecule has 0 saturated heterocycles. The molecule has 0 atom stereocenters. The molecule has 0 aliphatic carbocycles. The Balaban J connectivity index is 2.51. The Morgan fingerprint density at radius 2 is 1.71 bits per heavy atom. The summed E-state index contributed by atoms with van der Waals surface area (Å²) < 4.78 is 10.8. The zero-order valence-electron chi connectivity index (χ0n) is 16.9. The van der Waals surface area contributed by atoms with Crippen LogP contribution in [0, 0.1) is 27.7 Å². The van der Waals surface area contributed by atoms with Crippen molar-refractivity contribution < 1.29 is 5.94 Å². The highest BCUT2D eigenvalue weighted by Gasteiger charge is 2.21. The maximum atomic E-state index is 8.58. The van der Waals surface area contributed by atoms with Crippen LogP contribution in [-0.4, -0.2) is 0 Å². The van der Waals surface area contributed by atoms with Crippen LogP contribution in [0.25, 0.3) is 22.0 Å². The molecule has 0 saturated carbocycles. The van der Waals surface area contributed by atoms with Crippen molar-refractivity contribution in [1.82, 2.24) is 0 Å². The summed E-state index contributed by atoms with van der Waals surface area (Å²) in [7, 11) is 2.08. The highest BCUT2D eigenvalue weighted by molar-refractivity contribution is 5.94. The lowest BCUT2D eigenvalue weighted by Crippen LogP contribution is -2.35. The number of aryl methyl sites for hydroxylation is 2. The first-order chi connectivity index (χ1) is 11.7. The van der Waals surface area contributed by atoms with Crippen LogP contribution in [0.15, 0.2) is 36.4 Å². The number of hydrogen-bond donors (Lipinski definition) is 0. The van der Waals surface area contributed by atoms with E-state index in [1.807, 2.05) is 6.92 Å². The number of benzene rings is 2. The van der Waals surface area contributed by atoms with Crippen LogP contribution >= 0.6 is 0 Å². The van der Waals surface area contributed by atoms with E-state index in [0.717, 1.165) is 11.1 Å². The van der Waals surface area contributed by atoms with Crippen LogP contribution in [0.2, 0.25) is 0 Å². The number of fused-ring (bicyclic) bond motifs is 1. The molecule has 0 unspecified atom stereocenters. The van der Waals surface area contributed by atoms with E-state index in [0.29, 0.717) is 12.0 Å². The van der Waals surface area contributed by atoms with Gasteiger partial charge in [-0.05, 0) is 60.9 Å². The first-order valence-corrected chi connectivity index (χ1v) is 8.73. The smallest absolute Gasteiger partial charge is 0.198 e. The van der Waals surface area contributed by atoms with Gasteiger partial charge in [0.25, 0.3) is 0 Å². The predicted molar refractivity (Wildman–Crippen MR) is 104 cm³/mol. The largest absolute Gasteiger partial charge is 0.220 e. The molecular weight excluding hydrogens is 290 g/mol. The van der Waals surface area contributed by atoms with Crippen molar-refractivity contribution in [1.29, 1.82) is 0 Å². The zero-order valence-corrected chi connectivity index (χ0v) is 15.9. The molecule has 1 heteroatoms. The van der Waals surface area contributed by atoms with Gasteiger partial charge in [-0.2, -0.15) is 4.57 Å². The fourth-order valence-electron chi connectivity index (χ4n) is 3.46. The second-order valence-electron chi connectivity index (χ2n) is 7.33. The van der Waals surface area contributed by atoms with Gasteiger partial charge in [-0.1, -0.05) is 37.6 Å². The Bertz CT molecular complexity index is 984. The SMILES string of the molecule is [2H]c1c(C)[n+](C)c(-c2cc(C)cc(C)c2C)c2cc(C(C)C)ccc12. The topological polar surface area (TPSA) is 3.88 Å². The fourth-order valence-corrected chi connectivity index (χ4v) is 3.46. The van der Waals surface area contributed by atoms with E-state index in [9.17, 15) is 0 Å². The quantitative estimate of drug-likeness (QED) is 0.534. The second-order valence-corrected chi connectivity index (χ2v) is 7.33. The molecule has 0 fully saturated rings. The van der Waals surface area contributed by atoms with Gasteiger partial charge in [-0.25, -0.2) is 0 Å². The summed E-state index contributed by atoms with van der Waals surface area (Å²) in [5.74, 6) is 0.471. The first-order valence-electron chi connectivity index (χ1n) is 9.23. The number of nitrogens with zero attached hydrogens (tertiary/aromatic N) is 1. The van der Waals surface area contributed by atoms with Gasteiger partial charge >= 0.3 is 0 Å². The third kappa shape index (κ3) is 2.73. The third-order valence-corrected chi connectivity index (χ3v) is 5.19. The summed E-state index contributed by atoms with van der Waals surface area (Å²) in [6.07, 6.45) is 0. The van der Waals surface area contributed by atoms with Crippen LogP contribution in [0.1, 0.15) is 49.1 Å². The molecule has 1 nitrogen and oxygen atoms in total. The lowest BCUT2D eigenvalue weighted by atomic mass is 9.92. The molecule has 0 spiro atoms. The average Bonchev–Trinajstić information content (AvgIpc) is 2.56. The Morgan fingerprint density at radius 3 is 2.38 bits per heavy atom. The summed E-state index contributed by atoms with van der Waals surface area (Å²) in [6.45, 7) is 13.0. The van der Waals surface area contributed by atoms with E-state index in [1.165, 1.54) is 38.9 Å². The van der Waals surface area contributed by atoms with E-state index in [2.05, 4.69) is 76.6 Å². The van der Waals surface area contributed by atoms with Crippen molar-refractivity contribution in [2.24, 2.45) is 7.05 Å². The Morgan fingerprint density at radius 1 is 1.00 bits per heavy atom. The molecule has 0 radical (unpaired) electrons. The van der Waals surface area contributed by atoms with Gasteiger partial charge < -0.3 is 0 Å². The highest BCUT2D eigenvalue weighted by Crippen LogP contribution is 2.32. The molecule has 0 amide bonds. The third-order valence-electron chi connectivity index (χ3n) is 5.19. The minimum atomic E-state index is 0.471. The summed E-state index contributed by atoms with van der Waals surface area (Å²) in [6, 6.07) is 11.7. The molecule has 0 aliphatic heterocycles. The molecule has 3 aromatic rings. The Labute approximate surface area is 147 Å². The van der Waals surface area contributed by atoms with E-state index in [1.54, 1.807) is 0 Å². The van der Waals surface area contributed by atoms with Crippen molar-refractivity contribution in [2.45, 2.75) is 47.5 Å². The Hall–Kier alpha value is -2.15. The zero-order chi connectivity index (χ0) is 18.5. The maximum Gasteiger partial charge on any atom is 0.220 e. The number of aromatic nitrogens is 1. The summed E-state index contributed by atoms with van der Waals surface area (Å²) in [5.41, 5.74) is 8.71. The van der Waals surface area contributed by atoms with E-state index < -0.39 is 0 Å². The second kappa shape index (κ2) is 6.05. The first kappa shape index (κ1) is 15.4. The van der Waals surface area contributed by atoms with Crippen molar-refractivity contribution in [3.05, 3.63) is 64.3 Å². The minimum absolute atomic E-state index is 0.471. The molecule has 0 aliphatic rings. The summed E-state index contributed by atoms with van der Waals surface area (Å²) >= 11 is 0. The van der Waals surface area contributed by atoms with Gasteiger partial charge in [-0.3, -0.25) is 0 Å². The lowest BCUT2D eigenvalue weighted by Gasteiger charge is -2.14. The van der Waals surface area contributed by atoms with E-state index >= 15 is 0 Å². The van der Waals surface area contributed by atoms with Gasteiger partial charge in [0.2, 0.25) is 5.69 Å². The van der Waals surface area contributed by atoms with Crippen molar-refractivity contribution in [3.8, 4) is 11.3 Å². The molecule has 0 N–H and O–H groups in total. The highest BCUT2D eigenvalue weighted by atomic mass is 14.9. The molecule has 1 aromatic heterocycles. The number of rotatable bonds is 2. The number of hydrogen-bond acceptors (Lipinski definition) is 0. The van der Waals surface area contributed by atoms with Crippen molar-refractivity contribution >= 4 is 10.8 Å². The van der Waals surface area contributed by atoms with Crippen LogP contribution < -0.4 is 4.57 Å². The lowest BCUT2D eigenvalue weighted by molar-refractivity contribution is -0.665. The molecule has 124 valence electrons. The van der Waals surface area contributed by atoms with Crippen molar-refractivity contribution in [3.63, 3.8) is 0 Å². The number of pyridine rings is 1. The van der Waals surface area contributed by atoms with Crippen LogP contribution in [0.5, 0.6) is 0 Å². The van der Waals surface area contributed by atoms with Gasteiger partial charge in [0.1, 0.15) is 7.05 Å². The fraction of sp³-hybridized carbons (Fsp3) is 0.348. The molecule has 24 heavy (non-hydrogen) atoms. The summed E-state index contributed by atoms with van der Waals surface area (Å²) in [5, 5.41) is 2.21. The minimum Gasteiger partial charge on any atom is -0.198 e. The monoisotopic (exact) mass is 319 g/mol.